The molecule has 3 aromatic rings. The molecule has 6 heteroatoms. The lowest BCUT2D eigenvalue weighted by molar-refractivity contribution is 0.161. The molecule has 1 unspecified atom stereocenters. The zero-order valence-corrected chi connectivity index (χ0v) is 16.6. The van der Waals surface area contributed by atoms with E-state index in [-0.39, 0.29) is 0 Å². The Labute approximate surface area is 170 Å². The van der Waals surface area contributed by atoms with Gasteiger partial charge in [0.25, 0.3) is 5.89 Å². The summed E-state index contributed by atoms with van der Waals surface area (Å²) in [7, 11) is 0. The molecule has 150 valence electrons. The van der Waals surface area contributed by atoms with Crippen LogP contribution in [0.1, 0.15) is 36.2 Å². The zero-order valence-electron chi connectivity index (χ0n) is 16.6. The van der Waals surface area contributed by atoms with Crippen LogP contribution in [0.5, 0.6) is 5.75 Å². The first-order valence-electron chi connectivity index (χ1n) is 10.5. The SMILES string of the molecule is c1cncc(-c2nc(CCC3CCCN(Cc4ccc5c(c4)CCO5)C3)no2)c1. The summed E-state index contributed by atoms with van der Waals surface area (Å²) in [6.07, 6.45) is 9.03. The maximum Gasteiger partial charge on any atom is 0.259 e. The van der Waals surface area contributed by atoms with Gasteiger partial charge < -0.3 is 9.26 Å². The van der Waals surface area contributed by atoms with Gasteiger partial charge in [-0.3, -0.25) is 9.88 Å². The van der Waals surface area contributed by atoms with E-state index >= 15 is 0 Å². The van der Waals surface area contributed by atoms with Gasteiger partial charge in [-0.05, 0) is 61.1 Å². The average molecular weight is 390 g/mol. The third-order valence-corrected chi connectivity index (χ3v) is 5.92. The number of hydrogen-bond acceptors (Lipinski definition) is 6. The van der Waals surface area contributed by atoms with Gasteiger partial charge in [-0.2, -0.15) is 4.98 Å². The summed E-state index contributed by atoms with van der Waals surface area (Å²) in [6.45, 7) is 4.17. The third-order valence-electron chi connectivity index (χ3n) is 5.92. The highest BCUT2D eigenvalue weighted by atomic mass is 16.5. The van der Waals surface area contributed by atoms with E-state index in [1.165, 1.54) is 30.5 Å². The van der Waals surface area contributed by atoms with E-state index < -0.39 is 0 Å². The van der Waals surface area contributed by atoms with E-state index in [0.717, 1.165) is 56.1 Å². The van der Waals surface area contributed by atoms with Crippen molar-refractivity contribution in [2.75, 3.05) is 19.7 Å². The summed E-state index contributed by atoms with van der Waals surface area (Å²) in [5.41, 5.74) is 3.63. The minimum atomic E-state index is 0.555. The first-order chi connectivity index (χ1) is 14.3. The summed E-state index contributed by atoms with van der Waals surface area (Å²) in [6, 6.07) is 10.5. The first kappa shape index (κ1) is 18.3. The number of fused-ring (bicyclic) bond motifs is 1. The summed E-state index contributed by atoms with van der Waals surface area (Å²) >= 11 is 0. The Bertz CT molecular complexity index is 957. The zero-order chi connectivity index (χ0) is 19.5. The average Bonchev–Trinajstić information content (AvgIpc) is 3.42. The van der Waals surface area contributed by atoms with Crippen molar-refractivity contribution in [3.63, 3.8) is 0 Å². The van der Waals surface area contributed by atoms with Crippen LogP contribution >= 0.6 is 0 Å². The molecule has 6 nitrogen and oxygen atoms in total. The fraction of sp³-hybridized carbons (Fsp3) is 0.435. The topological polar surface area (TPSA) is 64.3 Å². The quantitative estimate of drug-likeness (QED) is 0.636. The van der Waals surface area contributed by atoms with Crippen molar-refractivity contribution in [2.45, 2.75) is 38.6 Å². The maximum atomic E-state index is 5.63. The second-order valence-corrected chi connectivity index (χ2v) is 8.08. The lowest BCUT2D eigenvalue weighted by Gasteiger charge is -2.32. The highest BCUT2D eigenvalue weighted by Crippen LogP contribution is 2.28. The van der Waals surface area contributed by atoms with Gasteiger partial charge in [-0.1, -0.05) is 17.3 Å². The number of hydrogen-bond donors (Lipinski definition) is 0. The van der Waals surface area contributed by atoms with Gasteiger partial charge in [0.15, 0.2) is 5.82 Å². The van der Waals surface area contributed by atoms with Crippen molar-refractivity contribution in [3.05, 3.63) is 59.7 Å². The fourth-order valence-corrected chi connectivity index (χ4v) is 4.42. The van der Waals surface area contributed by atoms with Crippen molar-refractivity contribution in [3.8, 4) is 17.2 Å². The number of benzene rings is 1. The number of piperidine rings is 1. The highest BCUT2D eigenvalue weighted by Gasteiger charge is 2.21. The van der Waals surface area contributed by atoms with Gasteiger partial charge in [0.1, 0.15) is 5.75 Å². The molecule has 0 bridgehead atoms. The van der Waals surface area contributed by atoms with Gasteiger partial charge in [0.05, 0.1) is 12.2 Å². The van der Waals surface area contributed by atoms with E-state index in [2.05, 4.69) is 38.2 Å². The van der Waals surface area contributed by atoms with Crippen molar-refractivity contribution < 1.29 is 9.26 Å². The molecule has 0 amide bonds. The molecule has 2 aliphatic heterocycles. The van der Waals surface area contributed by atoms with E-state index in [1.54, 1.807) is 12.4 Å². The molecule has 0 spiro atoms. The summed E-state index contributed by atoms with van der Waals surface area (Å²) in [5, 5.41) is 4.16. The maximum absolute atomic E-state index is 5.63. The molecule has 1 saturated heterocycles. The molecular weight excluding hydrogens is 364 g/mol. The van der Waals surface area contributed by atoms with Crippen LogP contribution < -0.4 is 4.74 Å². The van der Waals surface area contributed by atoms with Gasteiger partial charge in [0, 0.05) is 38.3 Å². The van der Waals surface area contributed by atoms with Crippen LogP contribution in [-0.4, -0.2) is 39.7 Å². The molecule has 4 heterocycles. The lowest BCUT2D eigenvalue weighted by Crippen LogP contribution is -2.35. The van der Waals surface area contributed by atoms with Gasteiger partial charge >= 0.3 is 0 Å². The van der Waals surface area contributed by atoms with Gasteiger partial charge in [-0.25, -0.2) is 0 Å². The van der Waals surface area contributed by atoms with Crippen LogP contribution in [0.3, 0.4) is 0 Å². The molecular formula is C23H26N4O2. The molecule has 5 rings (SSSR count). The predicted molar refractivity (Wildman–Crippen MR) is 109 cm³/mol. The smallest absolute Gasteiger partial charge is 0.259 e. The summed E-state index contributed by atoms with van der Waals surface area (Å²) in [5.74, 6) is 3.09. The fourth-order valence-electron chi connectivity index (χ4n) is 4.42. The van der Waals surface area contributed by atoms with E-state index in [0.29, 0.717) is 11.8 Å². The summed E-state index contributed by atoms with van der Waals surface area (Å²) in [4.78, 5) is 11.2. The van der Waals surface area contributed by atoms with Gasteiger partial charge in [-0.15, -0.1) is 0 Å². The number of nitrogens with zero attached hydrogens (tertiary/aromatic N) is 4. The highest BCUT2D eigenvalue weighted by molar-refractivity contribution is 5.50. The van der Waals surface area contributed by atoms with Crippen molar-refractivity contribution in [2.24, 2.45) is 5.92 Å². The minimum absolute atomic E-state index is 0.555. The number of ether oxygens (including phenoxy) is 1. The van der Waals surface area contributed by atoms with Gasteiger partial charge in [0.2, 0.25) is 0 Å². The normalized spacial score (nSPS) is 19.1. The molecule has 2 aliphatic rings. The minimum Gasteiger partial charge on any atom is -0.493 e. The van der Waals surface area contributed by atoms with Crippen molar-refractivity contribution >= 4 is 0 Å². The van der Waals surface area contributed by atoms with Crippen LogP contribution in [0, 0.1) is 5.92 Å². The Morgan fingerprint density at radius 3 is 3.14 bits per heavy atom. The lowest BCUT2D eigenvalue weighted by atomic mass is 9.93. The van der Waals surface area contributed by atoms with Crippen molar-refractivity contribution in [1.29, 1.82) is 0 Å². The molecule has 1 aromatic carbocycles. The van der Waals surface area contributed by atoms with E-state index in [4.69, 9.17) is 9.26 Å². The predicted octanol–water partition coefficient (Wildman–Crippen LogP) is 3.91. The van der Waals surface area contributed by atoms with Crippen LogP contribution in [0.2, 0.25) is 0 Å². The largest absolute Gasteiger partial charge is 0.493 e. The Hall–Kier alpha value is -2.73. The monoisotopic (exact) mass is 390 g/mol. The standard InChI is InChI=1S/C23H26N4O2/c1-4-20(14-24-10-1)23-25-22(26-29-23)8-6-17-3-2-11-27(15-17)16-18-5-7-21-19(13-18)9-12-28-21/h1,4-5,7,10,13-14,17H,2-3,6,8-9,11-12,15-16H2. The Kier molecular flexibility index (Phi) is 5.26. The van der Waals surface area contributed by atoms with Crippen LogP contribution in [0.25, 0.3) is 11.5 Å². The molecule has 29 heavy (non-hydrogen) atoms. The molecule has 0 saturated carbocycles. The van der Waals surface area contributed by atoms with Crippen molar-refractivity contribution in [1.82, 2.24) is 20.0 Å². The Morgan fingerprint density at radius 2 is 2.21 bits per heavy atom. The number of likely N-dealkylation sites (tertiary alicyclic amines) is 1. The molecule has 1 atom stereocenters. The number of aryl methyl sites for hydroxylation is 1. The second kappa shape index (κ2) is 8.33. The number of pyridine rings is 1. The second-order valence-electron chi connectivity index (χ2n) is 8.08. The molecule has 2 aromatic heterocycles. The molecule has 0 aliphatic carbocycles. The molecule has 0 N–H and O–H groups in total. The summed E-state index contributed by atoms with van der Waals surface area (Å²) < 4.78 is 11.0. The Morgan fingerprint density at radius 1 is 1.21 bits per heavy atom. The third kappa shape index (κ3) is 4.32. The number of rotatable bonds is 6. The first-order valence-corrected chi connectivity index (χ1v) is 10.5. The van der Waals surface area contributed by atoms with E-state index in [9.17, 15) is 0 Å². The van der Waals surface area contributed by atoms with Crippen LogP contribution in [-0.2, 0) is 19.4 Å². The van der Waals surface area contributed by atoms with Crippen LogP contribution in [0.4, 0.5) is 0 Å². The van der Waals surface area contributed by atoms with E-state index in [1.807, 2.05) is 12.1 Å². The Balaban J connectivity index is 1.15. The number of aromatic nitrogens is 3. The molecule has 1 fully saturated rings. The molecule has 0 radical (unpaired) electrons. The van der Waals surface area contributed by atoms with Crippen LogP contribution in [0.15, 0.2) is 47.2 Å².